The maximum atomic E-state index is 13.4. The van der Waals surface area contributed by atoms with Gasteiger partial charge >= 0.3 is 6.09 Å². The molecule has 0 radical (unpaired) electrons. The first-order valence-corrected chi connectivity index (χ1v) is 14.6. The number of nitrogens with zero attached hydrogens (tertiary/aromatic N) is 5. The van der Waals surface area contributed by atoms with E-state index >= 15 is 0 Å². The van der Waals surface area contributed by atoms with Crippen LogP contribution in [0.3, 0.4) is 0 Å². The molecule has 0 spiro atoms. The second-order valence-electron chi connectivity index (χ2n) is 11.3. The Morgan fingerprint density at radius 1 is 1.05 bits per heavy atom. The highest BCUT2D eigenvalue weighted by Crippen LogP contribution is 2.32. The zero-order chi connectivity index (χ0) is 28.2. The number of rotatable bonds is 7. The topological polar surface area (TPSA) is 86.3 Å². The zero-order valence-corrected chi connectivity index (χ0v) is 24.1. The molecule has 0 bridgehead atoms. The molecule has 2 atom stereocenters. The maximum absolute atomic E-state index is 13.4. The monoisotopic (exact) mass is 567 g/mol. The summed E-state index contributed by atoms with van der Waals surface area (Å²) >= 11 is 6.41. The van der Waals surface area contributed by atoms with Gasteiger partial charge in [0.2, 0.25) is 5.91 Å². The fourth-order valence-electron chi connectivity index (χ4n) is 6.13. The molecule has 1 aromatic heterocycles. The number of carbonyl (C=O) groups excluding carboxylic acids is 3. The van der Waals surface area contributed by atoms with Gasteiger partial charge in [0.1, 0.15) is 6.10 Å². The Labute approximate surface area is 241 Å². The Morgan fingerprint density at radius 3 is 2.40 bits per heavy atom. The summed E-state index contributed by atoms with van der Waals surface area (Å²) < 4.78 is 5.91. The lowest BCUT2D eigenvalue weighted by molar-refractivity contribution is -0.130. The van der Waals surface area contributed by atoms with E-state index in [4.69, 9.17) is 16.3 Å². The minimum Gasteiger partial charge on any atom is -0.446 e. The molecule has 0 aliphatic carbocycles. The van der Waals surface area contributed by atoms with Crippen molar-refractivity contribution in [3.8, 4) is 0 Å². The second-order valence-corrected chi connectivity index (χ2v) is 11.7. The lowest BCUT2D eigenvalue weighted by atomic mass is 10.0. The number of ether oxygens (including phenoxy) is 1. The summed E-state index contributed by atoms with van der Waals surface area (Å²) in [5.41, 5.74) is 2.33. The lowest BCUT2D eigenvalue weighted by Gasteiger charge is -2.32. The first kappa shape index (κ1) is 28.4. The summed E-state index contributed by atoms with van der Waals surface area (Å²) in [5, 5.41) is 0.614. The number of aryl methyl sites for hydroxylation is 1. The van der Waals surface area contributed by atoms with Crippen molar-refractivity contribution in [2.24, 2.45) is 11.8 Å². The Balaban J connectivity index is 1.14. The number of hydrogen-bond acceptors (Lipinski definition) is 6. The van der Waals surface area contributed by atoms with Gasteiger partial charge in [0.15, 0.2) is 0 Å². The van der Waals surface area contributed by atoms with Gasteiger partial charge in [-0.1, -0.05) is 17.7 Å². The summed E-state index contributed by atoms with van der Waals surface area (Å²) in [6.45, 7) is 9.56. The van der Waals surface area contributed by atoms with Crippen molar-refractivity contribution in [3.63, 3.8) is 0 Å². The van der Waals surface area contributed by atoms with Gasteiger partial charge in [-0.2, -0.15) is 0 Å². The van der Waals surface area contributed by atoms with Crippen LogP contribution in [0.1, 0.15) is 42.1 Å². The quantitative estimate of drug-likeness (QED) is 0.501. The smallest absolute Gasteiger partial charge is 0.414 e. The number of carbonyl (C=O) groups is 3. The number of halogens is 1. The second kappa shape index (κ2) is 12.6. The molecule has 214 valence electrons. The molecule has 2 unspecified atom stereocenters. The summed E-state index contributed by atoms with van der Waals surface area (Å²) in [4.78, 5) is 49.8. The number of piperidine rings is 1. The normalized spacial score (nSPS) is 21.4. The number of likely N-dealkylation sites (tertiary alicyclic amines) is 3. The van der Waals surface area contributed by atoms with Gasteiger partial charge in [0.05, 0.1) is 5.56 Å². The number of amides is 3. The van der Waals surface area contributed by atoms with Gasteiger partial charge in [-0.15, -0.1) is 0 Å². The van der Waals surface area contributed by atoms with Crippen LogP contribution in [0, 0.1) is 18.8 Å². The summed E-state index contributed by atoms with van der Waals surface area (Å²) in [7, 11) is 0. The minimum atomic E-state index is -0.371. The zero-order valence-electron chi connectivity index (χ0n) is 23.3. The van der Waals surface area contributed by atoms with E-state index in [0.717, 1.165) is 50.4 Å². The molecule has 4 heterocycles. The number of pyridine rings is 1. The largest absolute Gasteiger partial charge is 0.446 e. The number of anilines is 1. The van der Waals surface area contributed by atoms with Crippen LogP contribution in [0.2, 0.25) is 5.02 Å². The highest BCUT2D eigenvalue weighted by molar-refractivity contribution is 6.31. The average molecular weight is 568 g/mol. The molecule has 3 aliphatic heterocycles. The Bertz CT molecular complexity index is 1210. The molecule has 3 saturated heterocycles. The van der Waals surface area contributed by atoms with Crippen LogP contribution in [0.25, 0.3) is 0 Å². The standard InChI is InChI=1S/C30H38ClN5O4/c1-21-6-7-26(15-28(21)31)36(30(39)40-27-8-13-34(14-9-27)22(2)37)12-4-11-33-17-24-19-35(20-25(24)18-33)29(38)23-5-3-10-32-16-23/h3,5-7,10,15-16,24-25,27H,4,8-9,11-14,17-20H2,1-2H3. The Hall–Kier alpha value is -3.17. The van der Waals surface area contributed by atoms with Gasteiger partial charge in [-0.05, 0) is 61.6 Å². The van der Waals surface area contributed by atoms with Gasteiger partial charge in [0, 0.05) is 88.7 Å². The molecular formula is C30H38ClN5O4. The van der Waals surface area contributed by atoms with Crippen molar-refractivity contribution in [1.29, 1.82) is 0 Å². The van der Waals surface area contributed by atoms with Crippen molar-refractivity contribution >= 4 is 35.2 Å². The van der Waals surface area contributed by atoms with E-state index in [2.05, 4.69) is 9.88 Å². The molecule has 40 heavy (non-hydrogen) atoms. The SMILES string of the molecule is CC(=O)N1CCC(OC(=O)N(CCCN2CC3CN(C(=O)c4cccnc4)CC3C2)c2ccc(C)c(Cl)c2)CC1. The summed E-state index contributed by atoms with van der Waals surface area (Å²) in [5.74, 6) is 1.06. The highest BCUT2D eigenvalue weighted by atomic mass is 35.5. The summed E-state index contributed by atoms with van der Waals surface area (Å²) in [6.07, 6.45) is 4.82. The Morgan fingerprint density at radius 2 is 1.77 bits per heavy atom. The fourth-order valence-corrected chi connectivity index (χ4v) is 6.31. The third kappa shape index (κ3) is 6.58. The third-order valence-corrected chi connectivity index (χ3v) is 8.86. The van der Waals surface area contributed by atoms with Crippen molar-refractivity contribution in [1.82, 2.24) is 19.7 Å². The summed E-state index contributed by atoms with van der Waals surface area (Å²) in [6, 6.07) is 9.28. The molecule has 1 aromatic carbocycles. The molecule has 3 aliphatic rings. The lowest BCUT2D eigenvalue weighted by Crippen LogP contribution is -2.43. The highest BCUT2D eigenvalue weighted by Gasteiger charge is 2.41. The molecule has 5 rings (SSSR count). The van der Waals surface area contributed by atoms with Crippen LogP contribution in [-0.2, 0) is 9.53 Å². The molecule has 3 fully saturated rings. The van der Waals surface area contributed by atoms with Gasteiger partial charge in [-0.25, -0.2) is 4.79 Å². The van der Waals surface area contributed by atoms with E-state index in [0.29, 0.717) is 54.9 Å². The van der Waals surface area contributed by atoms with E-state index < -0.39 is 0 Å². The molecule has 0 N–H and O–H groups in total. The molecule has 2 aromatic rings. The van der Waals surface area contributed by atoms with Gasteiger partial charge < -0.3 is 19.4 Å². The van der Waals surface area contributed by atoms with Crippen LogP contribution >= 0.6 is 11.6 Å². The van der Waals surface area contributed by atoms with Crippen LogP contribution < -0.4 is 4.90 Å². The first-order chi connectivity index (χ1) is 19.3. The van der Waals surface area contributed by atoms with Crippen molar-refractivity contribution in [2.45, 2.75) is 39.2 Å². The average Bonchev–Trinajstić information content (AvgIpc) is 3.52. The number of hydrogen-bond donors (Lipinski definition) is 0. The first-order valence-electron chi connectivity index (χ1n) is 14.2. The molecular weight excluding hydrogens is 530 g/mol. The maximum Gasteiger partial charge on any atom is 0.414 e. The molecule has 9 nitrogen and oxygen atoms in total. The molecule has 10 heteroatoms. The van der Waals surface area contributed by atoms with Crippen LogP contribution in [0.5, 0.6) is 0 Å². The van der Waals surface area contributed by atoms with E-state index in [1.165, 1.54) is 0 Å². The van der Waals surface area contributed by atoms with Crippen LogP contribution in [0.4, 0.5) is 10.5 Å². The number of fused-ring (bicyclic) bond motifs is 1. The van der Waals surface area contributed by atoms with Crippen molar-refractivity contribution in [2.75, 3.05) is 57.3 Å². The number of benzene rings is 1. The van der Waals surface area contributed by atoms with E-state index in [9.17, 15) is 14.4 Å². The van der Waals surface area contributed by atoms with Gasteiger partial charge in [-0.3, -0.25) is 19.5 Å². The van der Waals surface area contributed by atoms with E-state index in [1.54, 1.807) is 35.2 Å². The van der Waals surface area contributed by atoms with Crippen LogP contribution in [-0.4, -0.2) is 96.1 Å². The van der Waals surface area contributed by atoms with E-state index in [1.807, 2.05) is 36.1 Å². The van der Waals surface area contributed by atoms with Gasteiger partial charge in [0.25, 0.3) is 5.91 Å². The molecule has 0 saturated carbocycles. The minimum absolute atomic E-state index is 0.0551. The van der Waals surface area contributed by atoms with Crippen molar-refractivity contribution < 1.29 is 19.1 Å². The predicted octanol–water partition coefficient (Wildman–Crippen LogP) is 4.09. The number of aromatic nitrogens is 1. The van der Waals surface area contributed by atoms with Crippen molar-refractivity contribution in [3.05, 3.63) is 58.9 Å². The van der Waals surface area contributed by atoms with E-state index in [-0.39, 0.29) is 24.0 Å². The fraction of sp³-hybridized carbons (Fsp3) is 0.533. The molecule has 3 amide bonds. The predicted molar refractivity (Wildman–Crippen MR) is 153 cm³/mol. The Kier molecular flexibility index (Phi) is 8.90. The third-order valence-electron chi connectivity index (χ3n) is 8.46. The van der Waals surface area contributed by atoms with Crippen LogP contribution in [0.15, 0.2) is 42.7 Å².